The Kier molecular flexibility index (Phi) is 5.08. The van der Waals surface area contributed by atoms with Gasteiger partial charge in [-0.25, -0.2) is 4.79 Å². The van der Waals surface area contributed by atoms with Crippen molar-refractivity contribution in [2.75, 3.05) is 6.54 Å². The molecule has 0 aromatic heterocycles. The molecular weight excluding hydrogens is 230 g/mol. The van der Waals surface area contributed by atoms with E-state index in [2.05, 4.69) is 5.32 Å². The monoisotopic (exact) mass is 243 g/mol. The van der Waals surface area contributed by atoms with Crippen molar-refractivity contribution in [1.29, 1.82) is 0 Å². The van der Waals surface area contributed by atoms with E-state index in [-0.39, 0.29) is 6.54 Å². The minimum absolute atomic E-state index is 0.0592. The first-order valence-corrected chi connectivity index (χ1v) is 5.36. The molecule has 1 rings (SSSR count). The Morgan fingerprint density at radius 1 is 1.38 bits per heavy atom. The third-order valence-corrected chi connectivity index (χ3v) is 2.60. The average Bonchev–Trinajstić information content (AvgIpc) is 2.27. The molecule has 0 aliphatic rings. The molecule has 0 spiro atoms. The van der Waals surface area contributed by atoms with E-state index in [4.69, 9.17) is 16.7 Å². The van der Waals surface area contributed by atoms with Gasteiger partial charge in [0.2, 0.25) is 0 Å². The van der Waals surface area contributed by atoms with E-state index >= 15 is 0 Å². The smallest absolute Gasteiger partial charge is 0.404 e. The predicted octanol–water partition coefficient (Wildman–Crippen LogP) is 1.46. The molecular formula is C11H14ClNO3. The van der Waals surface area contributed by atoms with Crippen molar-refractivity contribution in [2.45, 2.75) is 17.9 Å². The molecule has 5 heteroatoms. The van der Waals surface area contributed by atoms with E-state index in [1.807, 2.05) is 30.3 Å². The number of benzene rings is 1. The SMILES string of the molecule is O=C(O)NCC(O)C(Cl)Cc1ccccc1. The molecule has 0 radical (unpaired) electrons. The Balaban J connectivity index is 2.39. The molecule has 0 bridgehead atoms. The van der Waals surface area contributed by atoms with Crippen LogP contribution in [-0.2, 0) is 6.42 Å². The molecule has 0 saturated carbocycles. The third-order valence-electron chi connectivity index (χ3n) is 2.15. The molecule has 1 aromatic carbocycles. The minimum Gasteiger partial charge on any atom is -0.465 e. The summed E-state index contributed by atoms with van der Waals surface area (Å²) in [5, 5.41) is 19.5. The average molecular weight is 244 g/mol. The van der Waals surface area contributed by atoms with E-state index in [1.54, 1.807) is 0 Å². The predicted molar refractivity (Wildman–Crippen MR) is 61.8 cm³/mol. The number of hydrogen-bond acceptors (Lipinski definition) is 2. The second-order valence-electron chi connectivity index (χ2n) is 3.46. The molecule has 0 fully saturated rings. The minimum atomic E-state index is -1.16. The second kappa shape index (κ2) is 6.35. The summed E-state index contributed by atoms with van der Waals surface area (Å²) in [5.74, 6) is 0. The van der Waals surface area contributed by atoms with Gasteiger partial charge in [0.1, 0.15) is 0 Å². The normalized spacial score (nSPS) is 14.1. The van der Waals surface area contributed by atoms with Gasteiger partial charge < -0.3 is 15.5 Å². The number of aliphatic hydroxyl groups excluding tert-OH is 1. The van der Waals surface area contributed by atoms with Crippen LogP contribution in [0.3, 0.4) is 0 Å². The zero-order chi connectivity index (χ0) is 12.0. The molecule has 16 heavy (non-hydrogen) atoms. The lowest BCUT2D eigenvalue weighted by atomic mass is 10.1. The fourth-order valence-corrected chi connectivity index (χ4v) is 1.56. The maximum atomic E-state index is 10.2. The molecule has 4 nitrogen and oxygen atoms in total. The van der Waals surface area contributed by atoms with Gasteiger partial charge in [-0.1, -0.05) is 30.3 Å². The van der Waals surface area contributed by atoms with Gasteiger partial charge in [0, 0.05) is 6.54 Å². The molecule has 0 aliphatic heterocycles. The Morgan fingerprint density at radius 2 is 2.00 bits per heavy atom. The Morgan fingerprint density at radius 3 is 2.56 bits per heavy atom. The summed E-state index contributed by atoms with van der Waals surface area (Å²) in [4.78, 5) is 10.2. The summed E-state index contributed by atoms with van der Waals surface area (Å²) < 4.78 is 0. The van der Waals surface area contributed by atoms with Crippen LogP contribution in [0.25, 0.3) is 0 Å². The van der Waals surface area contributed by atoms with E-state index in [9.17, 15) is 9.90 Å². The van der Waals surface area contributed by atoms with Gasteiger partial charge in [0.15, 0.2) is 0 Å². The summed E-state index contributed by atoms with van der Waals surface area (Å²) in [6.45, 7) is -0.0592. The highest BCUT2D eigenvalue weighted by atomic mass is 35.5. The summed E-state index contributed by atoms with van der Waals surface area (Å²) in [5.41, 5.74) is 1.01. The number of amides is 1. The largest absolute Gasteiger partial charge is 0.465 e. The first-order chi connectivity index (χ1) is 7.59. The zero-order valence-corrected chi connectivity index (χ0v) is 9.39. The number of rotatable bonds is 5. The number of alkyl halides is 1. The number of carbonyl (C=O) groups is 1. The van der Waals surface area contributed by atoms with Crippen molar-refractivity contribution >= 4 is 17.7 Å². The summed E-state index contributed by atoms with van der Waals surface area (Å²) in [7, 11) is 0. The van der Waals surface area contributed by atoms with Gasteiger partial charge in [-0.05, 0) is 12.0 Å². The van der Waals surface area contributed by atoms with Crippen molar-refractivity contribution in [2.24, 2.45) is 0 Å². The number of carboxylic acid groups (broad SMARTS) is 1. The van der Waals surface area contributed by atoms with Crippen LogP contribution in [0.15, 0.2) is 30.3 Å². The van der Waals surface area contributed by atoms with Crippen LogP contribution < -0.4 is 5.32 Å². The first-order valence-electron chi connectivity index (χ1n) is 4.92. The van der Waals surface area contributed by atoms with Crippen molar-refractivity contribution in [3.05, 3.63) is 35.9 Å². The molecule has 1 aromatic rings. The fraction of sp³-hybridized carbons (Fsp3) is 0.364. The zero-order valence-electron chi connectivity index (χ0n) is 8.64. The van der Waals surface area contributed by atoms with Gasteiger partial charge in [-0.15, -0.1) is 11.6 Å². The van der Waals surface area contributed by atoms with Crippen LogP contribution >= 0.6 is 11.6 Å². The fourth-order valence-electron chi connectivity index (χ4n) is 1.30. The quantitative estimate of drug-likeness (QED) is 0.686. The molecule has 88 valence electrons. The van der Waals surface area contributed by atoms with Crippen LogP contribution in [0.4, 0.5) is 4.79 Å². The molecule has 0 heterocycles. The maximum absolute atomic E-state index is 10.2. The molecule has 0 saturated heterocycles. The second-order valence-corrected chi connectivity index (χ2v) is 4.02. The van der Waals surface area contributed by atoms with Gasteiger partial charge in [-0.2, -0.15) is 0 Å². The number of aliphatic hydroxyl groups is 1. The van der Waals surface area contributed by atoms with Crippen LogP contribution in [0.5, 0.6) is 0 Å². The molecule has 0 aliphatic carbocycles. The van der Waals surface area contributed by atoms with Crippen molar-refractivity contribution in [1.82, 2.24) is 5.32 Å². The van der Waals surface area contributed by atoms with Crippen LogP contribution in [0.1, 0.15) is 5.56 Å². The van der Waals surface area contributed by atoms with Crippen LogP contribution in [-0.4, -0.2) is 34.3 Å². The summed E-state index contributed by atoms with van der Waals surface area (Å²) in [6, 6.07) is 9.50. The third kappa shape index (κ3) is 4.51. The number of halogens is 1. The van der Waals surface area contributed by atoms with E-state index in [1.165, 1.54) is 0 Å². The van der Waals surface area contributed by atoms with Gasteiger partial charge in [-0.3, -0.25) is 0 Å². The number of nitrogens with one attached hydrogen (secondary N) is 1. The van der Waals surface area contributed by atoms with Gasteiger partial charge in [0.25, 0.3) is 0 Å². The topological polar surface area (TPSA) is 69.6 Å². The van der Waals surface area contributed by atoms with E-state index in [0.717, 1.165) is 5.56 Å². The Hall–Kier alpha value is -1.26. The molecule has 1 amide bonds. The lowest BCUT2D eigenvalue weighted by molar-refractivity contribution is 0.153. The lowest BCUT2D eigenvalue weighted by Crippen LogP contribution is -2.36. The summed E-state index contributed by atoms with van der Waals surface area (Å²) >= 11 is 5.97. The summed E-state index contributed by atoms with van der Waals surface area (Å²) in [6.07, 6.45) is -1.55. The van der Waals surface area contributed by atoms with Crippen LogP contribution in [0, 0.1) is 0 Å². The van der Waals surface area contributed by atoms with E-state index in [0.29, 0.717) is 6.42 Å². The van der Waals surface area contributed by atoms with Crippen LogP contribution in [0.2, 0.25) is 0 Å². The molecule has 3 N–H and O–H groups in total. The molecule has 2 atom stereocenters. The van der Waals surface area contributed by atoms with Gasteiger partial charge in [0.05, 0.1) is 11.5 Å². The Labute approximate surface area is 98.9 Å². The Bertz CT molecular complexity index is 331. The highest BCUT2D eigenvalue weighted by Crippen LogP contribution is 2.11. The molecule has 2 unspecified atom stereocenters. The van der Waals surface area contributed by atoms with Crippen molar-refractivity contribution in [3.63, 3.8) is 0 Å². The van der Waals surface area contributed by atoms with Crippen molar-refractivity contribution < 1.29 is 15.0 Å². The lowest BCUT2D eigenvalue weighted by Gasteiger charge is -2.16. The maximum Gasteiger partial charge on any atom is 0.404 e. The highest BCUT2D eigenvalue weighted by Gasteiger charge is 2.17. The standard InChI is InChI=1S/C11H14ClNO3/c12-9(10(14)7-13-11(15)16)6-8-4-2-1-3-5-8/h1-5,9-10,13-14H,6-7H2,(H,15,16). The highest BCUT2D eigenvalue weighted by molar-refractivity contribution is 6.21. The van der Waals surface area contributed by atoms with Gasteiger partial charge >= 0.3 is 6.09 Å². The van der Waals surface area contributed by atoms with Crippen molar-refractivity contribution in [3.8, 4) is 0 Å². The number of hydrogen-bond donors (Lipinski definition) is 3. The first kappa shape index (κ1) is 12.8. The van der Waals surface area contributed by atoms with E-state index < -0.39 is 17.6 Å².